The van der Waals surface area contributed by atoms with E-state index in [9.17, 15) is 26.3 Å². The molecule has 6 aromatic carbocycles. The SMILES string of the molecule is CC(=O)O.CC(=O)O.COc1cc(-c2cccc(N)c2)cc2cncnc12.COc1cc(-c2cccc(Nc3cccc(C(F)(F)F)c3)c2)cc2cncnc12.OB(O)c1cccc(C(F)(F)F)c1.[Cu]. The maximum absolute atomic E-state index is 12.9. The number of nitrogens with zero attached hydrogens (tertiary/aromatic N) is 4. The Morgan fingerprint density at radius 3 is 1.44 bits per heavy atom. The van der Waals surface area contributed by atoms with Gasteiger partial charge in [0.25, 0.3) is 11.9 Å². The van der Waals surface area contributed by atoms with Crippen molar-refractivity contribution in [2.75, 3.05) is 25.3 Å². The molecule has 2 heterocycles. The standard InChI is InChI=1S/C22H16F3N3O.C15H13N3O.C7H6BF3O2.2C2H4O2.Cu/c1-29-20-10-15(8-16-12-26-13-27-21(16)20)14-4-2-6-18(9-14)28-19-7-3-5-17(11-19)22(23,24)25;1-19-14-7-11(10-3-2-4-13(16)6-10)5-12-8-17-9-18-15(12)14;9-7(10,11)5-2-1-3-6(4-5)8(12)13;2*1-2(3)4;/h2-13,28H,1H3;2-9H,16H2,1H3;1-4,12-13H;2*1H3,(H,3,4);. The van der Waals surface area contributed by atoms with E-state index in [0.717, 1.165) is 88.1 Å². The minimum Gasteiger partial charge on any atom is -0.494 e. The Morgan fingerprint density at radius 1 is 0.586 bits per heavy atom. The number of ether oxygens (including phenoxy) is 2. The van der Waals surface area contributed by atoms with Gasteiger partial charge in [-0.05, 0) is 94.4 Å². The van der Waals surface area contributed by atoms with Crippen LogP contribution in [0.2, 0.25) is 0 Å². The van der Waals surface area contributed by atoms with Gasteiger partial charge in [0.2, 0.25) is 0 Å². The minimum atomic E-state index is -4.45. The maximum Gasteiger partial charge on any atom is 0.488 e. The van der Waals surface area contributed by atoms with Gasteiger partial charge in [0, 0.05) is 71.1 Å². The quantitative estimate of drug-likeness (QED) is 0.0497. The second-order valence-electron chi connectivity index (χ2n) is 14.2. The molecule has 0 saturated carbocycles. The summed E-state index contributed by atoms with van der Waals surface area (Å²) in [5.74, 6) is -0.312. The number of nitrogen functional groups attached to an aromatic ring is 1. The van der Waals surface area contributed by atoms with E-state index in [4.69, 9.17) is 45.1 Å². The van der Waals surface area contributed by atoms with Crippen LogP contribution >= 0.6 is 0 Å². The zero-order chi connectivity index (χ0) is 50.9. The second kappa shape index (κ2) is 26.1. The zero-order valence-electron chi connectivity index (χ0n) is 37.3. The number of benzene rings is 6. The van der Waals surface area contributed by atoms with E-state index in [-0.39, 0.29) is 22.5 Å². The van der Waals surface area contributed by atoms with Crippen molar-refractivity contribution in [3.05, 3.63) is 158 Å². The predicted molar refractivity (Wildman–Crippen MR) is 250 cm³/mol. The Labute approximate surface area is 407 Å². The van der Waals surface area contributed by atoms with Crippen LogP contribution in [0.1, 0.15) is 25.0 Å². The summed E-state index contributed by atoms with van der Waals surface area (Å²) in [6.07, 6.45) is -2.37. The van der Waals surface area contributed by atoms with Crippen molar-refractivity contribution in [2.24, 2.45) is 0 Å². The summed E-state index contributed by atoms with van der Waals surface area (Å²) in [5.41, 5.74) is 11.2. The summed E-state index contributed by atoms with van der Waals surface area (Å²) >= 11 is 0. The molecule has 2 aromatic heterocycles. The molecule has 0 aliphatic carbocycles. The number of fused-ring (bicyclic) bond motifs is 2. The number of carboxylic acids is 2. The summed E-state index contributed by atoms with van der Waals surface area (Å²) in [6.45, 7) is 2.17. The van der Waals surface area contributed by atoms with Gasteiger partial charge in [0.15, 0.2) is 0 Å². The summed E-state index contributed by atoms with van der Waals surface area (Å²) in [4.78, 5) is 34.6. The largest absolute Gasteiger partial charge is 0.494 e. The molecule has 0 spiro atoms. The molecule has 0 unspecified atom stereocenters. The molecule has 0 atom stereocenters. The number of carboxylic acid groups (broad SMARTS) is 2. The van der Waals surface area contributed by atoms with E-state index < -0.39 is 42.5 Å². The van der Waals surface area contributed by atoms with E-state index >= 15 is 0 Å². The van der Waals surface area contributed by atoms with Gasteiger partial charge >= 0.3 is 19.5 Å². The number of aromatic nitrogens is 4. The molecule has 70 heavy (non-hydrogen) atoms. The second-order valence-corrected chi connectivity index (χ2v) is 14.2. The minimum absolute atomic E-state index is 0. The van der Waals surface area contributed by atoms with Gasteiger partial charge in [-0.3, -0.25) is 9.59 Å². The molecule has 0 aliphatic rings. The summed E-state index contributed by atoms with van der Waals surface area (Å²) in [7, 11) is 1.34. The number of nitrogens with one attached hydrogen (secondary N) is 1. The molecule has 369 valence electrons. The summed E-state index contributed by atoms with van der Waals surface area (Å²) in [6, 6.07) is 32.0. The summed E-state index contributed by atoms with van der Waals surface area (Å²) in [5, 5.41) is 36.8. The molecule has 7 N–H and O–H groups in total. The van der Waals surface area contributed by atoms with Gasteiger partial charge in [-0.25, -0.2) is 19.9 Å². The number of rotatable bonds is 7. The molecule has 0 fully saturated rings. The Kier molecular flexibility index (Phi) is 21.1. The third-order valence-corrected chi connectivity index (χ3v) is 8.99. The van der Waals surface area contributed by atoms with Crippen LogP contribution in [0.25, 0.3) is 44.1 Å². The van der Waals surface area contributed by atoms with Crippen LogP contribution in [0.15, 0.2) is 146 Å². The third kappa shape index (κ3) is 17.4. The Bertz CT molecular complexity index is 2990. The molecule has 0 saturated heterocycles. The molecule has 8 aromatic rings. The number of halogens is 6. The van der Waals surface area contributed by atoms with Gasteiger partial charge < -0.3 is 40.8 Å². The van der Waals surface area contributed by atoms with Crippen molar-refractivity contribution < 1.29 is 82.7 Å². The first-order valence-electron chi connectivity index (χ1n) is 20.0. The average Bonchev–Trinajstić information content (AvgIpc) is 3.30. The first kappa shape index (κ1) is 56.5. The van der Waals surface area contributed by atoms with Crippen molar-refractivity contribution in [1.82, 2.24) is 19.9 Å². The van der Waals surface area contributed by atoms with Gasteiger partial charge in [-0.2, -0.15) is 26.3 Å². The van der Waals surface area contributed by atoms with Gasteiger partial charge in [0.05, 0.1) is 25.3 Å². The van der Waals surface area contributed by atoms with E-state index in [2.05, 4.69) is 25.3 Å². The number of hydrogen-bond donors (Lipinski definition) is 6. The topological polar surface area (TPSA) is 223 Å². The van der Waals surface area contributed by atoms with Crippen LogP contribution in [-0.4, -0.2) is 73.5 Å². The number of alkyl halides is 6. The average molecular weight is 1020 g/mol. The number of carbonyl (C=O) groups is 2. The van der Waals surface area contributed by atoms with Crippen LogP contribution in [0.5, 0.6) is 11.5 Å². The number of hydrogen-bond acceptors (Lipinski definition) is 12. The van der Waals surface area contributed by atoms with Crippen molar-refractivity contribution in [3.63, 3.8) is 0 Å². The normalized spacial score (nSPS) is 10.5. The van der Waals surface area contributed by atoms with Crippen molar-refractivity contribution in [2.45, 2.75) is 26.2 Å². The Morgan fingerprint density at radius 2 is 1.00 bits per heavy atom. The van der Waals surface area contributed by atoms with E-state index in [1.807, 2.05) is 66.7 Å². The van der Waals surface area contributed by atoms with E-state index in [0.29, 0.717) is 28.7 Å². The Balaban J connectivity index is 0.000000272. The van der Waals surface area contributed by atoms with Crippen LogP contribution in [0.3, 0.4) is 0 Å². The van der Waals surface area contributed by atoms with Crippen LogP contribution in [0, 0.1) is 0 Å². The molecule has 22 heteroatoms. The fourth-order valence-corrected chi connectivity index (χ4v) is 6.10. The molecular weight excluding hydrogens is 977 g/mol. The molecule has 8 rings (SSSR count). The van der Waals surface area contributed by atoms with Crippen LogP contribution in [-0.2, 0) is 39.0 Å². The van der Waals surface area contributed by atoms with E-state index in [1.54, 1.807) is 38.7 Å². The molecule has 14 nitrogen and oxygen atoms in total. The zero-order valence-corrected chi connectivity index (χ0v) is 38.2. The van der Waals surface area contributed by atoms with Crippen LogP contribution in [0.4, 0.5) is 43.4 Å². The van der Waals surface area contributed by atoms with Crippen molar-refractivity contribution in [3.8, 4) is 33.8 Å². The third-order valence-electron chi connectivity index (χ3n) is 8.99. The van der Waals surface area contributed by atoms with Gasteiger partial charge in [-0.1, -0.05) is 54.6 Å². The van der Waals surface area contributed by atoms with Crippen molar-refractivity contribution >= 4 is 63.4 Å². The van der Waals surface area contributed by atoms with E-state index in [1.165, 1.54) is 24.8 Å². The van der Waals surface area contributed by atoms with Crippen LogP contribution < -0.4 is 26.0 Å². The fourth-order valence-electron chi connectivity index (χ4n) is 6.10. The molecular formula is C48H43BCuF6N6O8. The number of aliphatic carboxylic acids is 2. The van der Waals surface area contributed by atoms with Gasteiger partial charge in [0.1, 0.15) is 35.2 Å². The fraction of sp³-hybridized carbons (Fsp3) is 0.125. The monoisotopic (exact) mass is 1020 g/mol. The summed E-state index contributed by atoms with van der Waals surface area (Å²) < 4.78 is 85.9. The molecule has 0 bridgehead atoms. The molecule has 0 amide bonds. The molecule has 1 radical (unpaired) electrons. The predicted octanol–water partition coefficient (Wildman–Crippen LogP) is 9.52. The Hall–Kier alpha value is -7.78. The maximum atomic E-state index is 12.9. The first-order chi connectivity index (χ1) is 32.6. The van der Waals surface area contributed by atoms with Crippen molar-refractivity contribution in [1.29, 1.82) is 0 Å². The van der Waals surface area contributed by atoms with Gasteiger partial charge in [-0.15, -0.1) is 0 Å². The number of nitrogens with two attached hydrogens (primary N) is 1. The number of anilines is 3. The smallest absolute Gasteiger partial charge is 0.488 e. The molecule has 0 aliphatic heterocycles. The number of methoxy groups -OCH3 is 2. The first-order valence-corrected chi connectivity index (χ1v) is 20.0.